The van der Waals surface area contributed by atoms with Crippen LogP contribution in [0, 0.1) is 0 Å². The van der Waals surface area contributed by atoms with E-state index in [1.165, 1.54) is 51.3 Å². The molecule has 242 valence electrons. The summed E-state index contributed by atoms with van der Waals surface area (Å²) >= 11 is 0. The molecule has 8 atom stereocenters. The number of hydrogen-bond donors (Lipinski definition) is 0. The standard InChI is InChI=1S/C20H32O15Si10/c1-11-36-21-37(12-2)28-40(15-5)22-38(13-3,26-36)30-42(17-7)24-44(19-9,32-40)35-45(20-10)25-43(18-8,34-42)31-39(14-4,27-36)23-41(16-6,29-37)33-45/h11-19H,1-9,20H2,10H3. The predicted molar refractivity (Wildman–Crippen MR) is 176 cm³/mol. The fraction of sp³-hybridized carbons (Fsp3) is 0.100. The molecule has 0 N–H and O–H groups in total. The van der Waals surface area contributed by atoms with Gasteiger partial charge in [0, 0.05) is 6.04 Å². The molecule has 45 heavy (non-hydrogen) atoms. The van der Waals surface area contributed by atoms with Crippen LogP contribution < -0.4 is 0 Å². The largest absolute Gasteiger partial charge is 0.507 e. The van der Waals surface area contributed by atoms with Crippen molar-refractivity contribution in [3.63, 3.8) is 0 Å². The van der Waals surface area contributed by atoms with E-state index >= 15 is 0 Å². The molecule has 5 aliphatic rings. The van der Waals surface area contributed by atoms with Crippen molar-refractivity contribution in [2.75, 3.05) is 0 Å². The van der Waals surface area contributed by atoms with Crippen molar-refractivity contribution in [1.29, 1.82) is 0 Å². The molecule has 5 fully saturated rings. The molecular formula is C20H32O15Si10. The van der Waals surface area contributed by atoms with Crippen molar-refractivity contribution < 1.29 is 61.7 Å². The Morgan fingerprint density at radius 1 is 0.289 bits per heavy atom. The second-order valence-electron chi connectivity index (χ2n) is 9.84. The Labute approximate surface area is 272 Å². The highest BCUT2D eigenvalue weighted by atomic mass is 28.6. The number of fused-ring (bicyclic) bond motifs is 10. The summed E-state index contributed by atoms with van der Waals surface area (Å²) in [5, 5.41) is 0. The topological polar surface area (TPSA) is 138 Å². The maximum absolute atomic E-state index is 6.88. The summed E-state index contributed by atoms with van der Waals surface area (Å²) in [5.41, 5.74) is 12.1. The molecule has 0 radical (unpaired) electrons. The van der Waals surface area contributed by atoms with Gasteiger partial charge in [-0.05, 0) is 51.3 Å². The third-order valence-corrected chi connectivity index (χ3v) is 46.8. The molecule has 10 bridgehead atoms. The van der Waals surface area contributed by atoms with Crippen LogP contribution in [-0.2, 0) is 61.7 Å². The van der Waals surface area contributed by atoms with Crippen LogP contribution in [0.2, 0.25) is 6.04 Å². The number of hydrogen-bond acceptors (Lipinski definition) is 15. The Morgan fingerprint density at radius 2 is 0.422 bits per heavy atom. The molecule has 0 saturated carbocycles. The van der Waals surface area contributed by atoms with Crippen LogP contribution in [0.25, 0.3) is 0 Å². The lowest BCUT2D eigenvalue weighted by molar-refractivity contribution is -0.00699. The minimum absolute atomic E-state index is 0.105. The van der Waals surface area contributed by atoms with Gasteiger partial charge in [-0.15, -0.1) is 59.2 Å². The van der Waals surface area contributed by atoms with Crippen LogP contribution in [0.3, 0.4) is 0 Å². The van der Waals surface area contributed by atoms with E-state index in [2.05, 4.69) is 59.2 Å². The Morgan fingerprint density at radius 3 is 0.533 bits per heavy atom. The fourth-order valence-electron chi connectivity index (χ4n) is 5.00. The van der Waals surface area contributed by atoms with E-state index in [0.717, 1.165) is 0 Å². The SMILES string of the molecule is C=C[Si]12O[Si]3(C=C)O[Si]4(C=C)O[Si](C=C)(O1)O[Si]1(C=C)O[Si](C=C)(O2)O[Si]2(C=C)O[Si](C=C)(O3)O[Si](C=C)(O4)O[Si](CC)(O1)O2. The molecule has 25 heteroatoms. The van der Waals surface area contributed by atoms with Crippen LogP contribution in [0.15, 0.2) is 111 Å². The summed E-state index contributed by atoms with van der Waals surface area (Å²) in [6.45, 7) is 37.7. The van der Waals surface area contributed by atoms with Gasteiger partial charge in [-0.3, -0.25) is 0 Å². The second kappa shape index (κ2) is 10.9. The highest BCUT2D eigenvalue weighted by Crippen LogP contribution is 2.50. The van der Waals surface area contributed by atoms with Gasteiger partial charge in [0.05, 0.1) is 0 Å². The van der Waals surface area contributed by atoms with Crippen molar-refractivity contribution in [2.45, 2.75) is 13.0 Å². The van der Waals surface area contributed by atoms with Crippen LogP contribution in [0.4, 0.5) is 0 Å². The van der Waals surface area contributed by atoms with E-state index in [1.807, 2.05) is 0 Å². The first kappa shape index (κ1) is 34.1. The molecule has 0 aromatic carbocycles. The normalized spacial score (nSPS) is 53.0. The van der Waals surface area contributed by atoms with E-state index in [9.17, 15) is 0 Å². The van der Waals surface area contributed by atoms with E-state index < -0.39 is 88.0 Å². The monoisotopic (exact) mass is 792 g/mol. The molecule has 5 rings (SSSR count). The second-order valence-corrected chi connectivity index (χ2v) is 38.7. The molecule has 5 heterocycles. The van der Waals surface area contributed by atoms with Gasteiger partial charge in [-0.25, -0.2) is 0 Å². The van der Waals surface area contributed by atoms with Gasteiger partial charge < -0.3 is 61.7 Å². The molecule has 0 aromatic rings. The first-order valence-electron chi connectivity index (χ1n) is 13.5. The van der Waals surface area contributed by atoms with Crippen molar-refractivity contribution >= 4 is 88.0 Å². The van der Waals surface area contributed by atoms with Crippen LogP contribution in [0.1, 0.15) is 6.92 Å². The smallest absolute Gasteiger partial charge is 0.370 e. The Balaban J connectivity index is 1.83. The van der Waals surface area contributed by atoms with Crippen LogP contribution >= 0.6 is 0 Å². The van der Waals surface area contributed by atoms with Crippen LogP contribution in [0.5, 0.6) is 0 Å². The summed E-state index contributed by atoms with van der Waals surface area (Å²) in [7, 11) is -43.7. The maximum Gasteiger partial charge on any atom is 0.507 e. The average Bonchev–Trinajstić information content (AvgIpc) is 3.00. The summed E-state index contributed by atoms with van der Waals surface area (Å²) in [6, 6.07) is 0.105. The lowest BCUT2D eigenvalue weighted by Gasteiger charge is -2.60. The third-order valence-electron chi connectivity index (χ3n) is 6.99. The summed E-state index contributed by atoms with van der Waals surface area (Å²) in [4.78, 5) is 0. The zero-order chi connectivity index (χ0) is 32.7. The Kier molecular flexibility index (Phi) is 8.24. The van der Waals surface area contributed by atoms with E-state index in [1.54, 1.807) is 6.92 Å². The first-order chi connectivity index (χ1) is 21.2. The first-order valence-corrected chi connectivity index (χ1v) is 31.6. The quantitative estimate of drug-likeness (QED) is 0.299. The summed E-state index contributed by atoms with van der Waals surface area (Å²) < 4.78 is 102. The lowest BCUT2D eigenvalue weighted by Crippen LogP contribution is -2.87. The average molecular weight is 793 g/mol. The molecule has 0 aromatic heterocycles. The van der Waals surface area contributed by atoms with Gasteiger partial charge in [0.25, 0.3) is 0 Å². The van der Waals surface area contributed by atoms with Crippen molar-refractivity contribution in [2.24, 2.45) is 0 Å². The molecule has 8 unspecified atom stereocenters. The zero-order valence-corrected chi connectivity index (χ0v) is 34.4. The van der Waals surface area contributed by atoms with Gasteiger partial charge >= 0.3 is 88.0 Å². The van der Waals surface area contributed by atoms with Gasteiger partial charge in [0.1, 0.15) is 0 Å². The minimum Gasteiger partial charge on any atom is -0.370 e. The predicted octanol–water partition coefficient (Wildman–Crippen LogP) is 2.25. The highest BCUT2D eigenvalue weighted by Gasteiger charge is 2.82. The van der Waals surface area contributed by atoms with E-state index in [4.69, 9.17) is 61.7 Å². The Bertz CT molecular complexity index is 1300. The lowest BCUT2D eigenvalue weighted by atomic mass is 11.0. The van der Waals surface area contributed by atoms with Gasteiger partial charge in [0.2, 0.25) is 0 Å². The van der Waals surface area contributed by atoms with Gasteiger partial charge in [-0.2, -0.15) is 0 Å². The van der Waals surface area contributed by atoms with Gasteiger partial charge in [-0.1, -0.05) is 6.92 Å². The third kappa shape index (κ3) is 5.17. The molecule has 0 aliphatic carbocycles. The summed E-state index contributed by atoms with van der Waals surface area (Å²) in [5.74, 6) is 0. The molecule has 5 aliphatic heterocycles. The highest BCUT2D eigenvalue weighted by molar-refractivity contribution is 7.07. The minimum atomic E-state index is -4.41. The van der Waals surface area contributed by atoms with Crippen LogP contribution in [-0.4, -0.2) is 88.0 Å². The van der Waals surface area contributed by atoms with Crippen molar-refractivity contribution in [3.8, 4) is 0 Å². The number of rotatable bonds is 10. The maximum atomic E-state index is 6.88. The molecule has 5 saturated heterocycles. The fourth-order valence-corrected chi connectivity index (χ4v) is 56.2. The van der Waals surface area contributed by atoms with E-state index in [0.29, 0.717) is 0 Å². The van der Waals surface area contributed by atoms with Crippen molar-refractivity contribution in [3.05, 3.63) is 111 Å². The summed E-state index contributed by atoms with van der Waals surface area (Å²) in [6.07, 6.45) is 0. The van der Waals surface area contributed by atoms with E-state index in [-0.39, 0.29) is 6.04 Å². The molecule has 0 amide bonds. The zero-order valence-electron chi connectivity index (χ0n) is 24.4. The Hall–Kier alpha value is -0.771. The molecule has 0 spiro atoms. The molecule has 15 nitrogen and oxygen atoms in total. The van der Waals surface area contributed by atoms with Gasteiger partial charge in [0.15, 0.2) is 0 Å². The molecular weight excluding hydrogens is 761 g/mol. The van der Waals surface area contributed by atoms with Crippen molar-refractivity contribution in [1.82, 2.24) is 0 Å².